The Kier molecular flexibility index (Phi) is 4.87. The van der Waals surface area contributed by atoms with Crippen LogP contribution in [0.4, 0.5) is 10.2 Å². The summed E-state index contributed by atoms with van der Waals surface area (Å²) < 4.78 is 48.6. The molecule has 0 saturated carbocycles. The normalized spacial score (nSPS) is 12.1. The van der Waals surface area contributed by atoms with Gasteiger partial charge in [-0.3, -0.25) is 0 Å². The monoisotopic (exact) mass is 466 g/mol. The highest BCUT2D eigenvalue weighted by Crippen LogP contribution is 2.32. The van der Waals surface area contributed by atoms with Crippen molar-refractivity contribution in [2.24, 2.45) is 0 Å². The minimum absolute atomic E-state index is 0.0572. The molecule has 2 N–H and O–H groups in total. The first kappa shape index (κ1) is 21.0. The Morgan fingerprint density at radius 2 is 1.91 bits per heavy atom. The van der Waals surface area contributed by atoms with Gasteiger partial charge < -0.3 is 10.5 Å². The number of nitrogens with two attached hydrogens (primary N) is 1. The topological polar surface area (TPSA) is 117 Å². The Morgan fingerprint density at radius 1 is 1.15 bits per heavy atom. The molecule has 0 aliphatic heterocycles. The fraction of sp³-hybridized carbons (Fsp3) is 0.136. The lowest BCUT2D eigenvalue weighted by Gasteiger charge is -2.07. The smallest absolute Gasteiger partial charge is 0.269 e. The lowest BCUT2D eigenvalue weighted by molar-refractivity contribution is 0.185. The van der Waals surface area contributed by atoms with Crippen molar-refractivity contribution < 1.29 is 17.5 Å². The van der Waals surface area contributed by atoms with Crippen molar-refractivity contribution >= 4 is 32.4 Å². The molecule has 5 aromatic rings. The number of methoxy groups -OCH3 is 1. The van der Waals surface area contributed by atoms with Crippen molar-refractivity contribution in [1.29, 1.82) is 0 Å². The zero-order valence-corrected chi connectivity index (χ0v) is 18.5. The van der Waals surface area contributed by atoms with Gasteiger partial charge in [-0.05, 0) is 36.8 Å². The maximum absolute atomic E-state index is 14.1. The van der Waals surface area contributed by atoms with Crippen LogP contribution in [0.2, 0.25) is 0 Å². The molecule has 168 valence electrons. The number of pyridine rings is 1. The summed E-state index contributed by atoms with van der Waals surface area (Å²) in [6.07, 6.45) is 4.04. The molecule has 1 aromatic carbocycles. The van der Waals surface area contributed by atoms with E-state index in [0.29, 0.717) is 12.1 Å². The van der Waals surface area contributed by atoms with Crippen molar-refractivity contribution in [2.45, 2.75) is 18.4 Å². The molecule has 0 fully saturated rings. The van der Waals surface area contributed by atoms with E-state index in [1.165, 1.54) is 28.9 Å². The van der Waals surface area contributed by atoms with Crippen LogP contribution in [0, 0.1) is 12.7 Å². The van der Waals surface area contributed by atoms with Crippen LogP contribution in [0.15, 0.2) is 59.9 Å². The summed E-state index contributed by atoms with van der Waals surface area (Å²) in [5.74, 6) is -0.296. The fourth-order valence-electron chi connectivity index (χ4n) is 3.67. The van der Waals surface area contributed by atoms with Gasteiger partial charge in [0.1, 0.15) is 11.3 Å². The molecular weight excluding hydrogens is 447 g/mol. The molecule has 4 aromatic heterocycles. The molecule has 0 amide bonds. The third kappa shape index (κ3) is 3.51. The van der Waals surface area contributed by atoms with Crippen LogP contribution in [-0.2, 0) is 21.4 Å². The number of nitrogens with zero attached hydrogens (tertiary/aromatic N) is 5. The van der Waals surface area contributed by atoms with E-state index in [2.05, 4.69) is 15.1 Å². The van der Waals surface area contributed by atoms with Crippen LogP contribution >= 0.6 is 0 Å². The largest absolute Gasteiger partial charge is 0.382 e. The van der Waals surface area contributed by atoms with Gasteiger partial charge in [0.2, 0.25) is 0 Å². The first-order chi connectivity index (χ1) is 15.8. The van der Waals surface area contributed by atoms with Crippen LogP contribution in [0.25, 0.3) is 27.9 Å². The van der Waals surface area contributed by atoms with E-state index >= 15 is 0 Å². The summed E-state index contributed by atoms with van der Waals surface area (Å²) in [7, 11) is -2.44. The highest BCUT2D eigenvalue weighted by molar-refractivity contribution is 7.90. The standard InChI is InChI=1S/C22H19FN6O3S/c1-13-3-5-16(6-4-13)33(30,31)29-11-18(17-8-15(23)9-25-22(17)29)21-26-20(24)19-7-14(12-32-2)10-28(19)27-21/h3-11H,12H2,1-2H3,(H2,24,26,27). The van der Waals surface area contributed by atoms with Gasteiger partial charge >= 0.3 is 0 Å². The van der Waals surface area contributed by atoms with E-state index in [9.17, 15) is 12.8 Å². The Morgan fingerprint density at radius 3 is 2.64 bits per heavy atom. The number of nitrogen functional groups attached to an aromatic ring is 1. The van der Waals surface area contributed by atoms with E-state index in [-0.39, 0.29) is 33.1 Å². The second kappa shape index (κ2) is 7.64. The van der Waals surface area contributed by atoms with Gasteiger partial charge in [-0.15, -0.1) is 5.10 Å². The molecule has 11 heteroatoms. The van der Waals surface area contributed by atoms with Crippen LogP contribution in [0.1, 0.15) is 11.1 Å². The van der Waals surface area contributed by atoms with Crippen molar-refractivity contribution in [3.05, 3.63) is 71.9 Å². The molecule has 0 aliphatic rings. The highest BCUT2D eigenvalue weighted by atomic mass is 32.2. The first-order valence-electron chi connectivity index (χ1n) is 9.91. The highest BCUT2D eigenvalue weighted by Gasteiger charge is 2.25. The van der Waals surface area contributed by atoms with Crippen LogP contribution < -0.4 is 5.73 Å². The average molecular weight is 466 g/mol. The van der Waals surface area contributed by atoms with Crippen molar-refractivity contribution in [2.75, 3.05) is 12.8 Å². The minimum atomic E-state index is -4.02. The van der Waals surface area contributed by atoms with E-state index in [4.69, 9.17) is 10.5 Å². The fourth-order valence-corrected chi connectivity index (χ4v) is 5.00. The number of benzene rings is 1. The van der Waals surface area contributed by atoms with Crippen molar-refractivity contribution in [1.82, 2.24) is 23.6 Å². The molecule has 0 bridgehead atoms. The summed E-state index contributed by atoms with van der Waals surface area (Å²) in [6, 6.07) is 9.43. The number of aromatic nitrogens is 5. The molecule has 5 rings (SSSR count). The van der Waals surface area contributed by atoms with Gasteiger partial charge in [0.15, 0.2) is 17.3 Å². The average Bonchev–Trinajstić information content (AvgIpc) is 3.36. The molecule has 0 saturated heterocycles. The zero-order chi connectivity index (χ0) is 23.3. The number of halogens is 1. The number of hydrogen-bond donors (Lipinski definition) is 1. The van der Waals surface area contributed by atoms with Gasteiger partial charge in [0.05, 0.1) is 17.7 Å². The predicted octanol–water partition coefficient (Wildman–Crippen LogP) is 3.16. The summed E-state index contributed by atoms with van der Waals surface area (Å²) >= 11 is 0. The quantitative estimate of drug-likeness (QED) is 0.423. The number of fused-ring (bicyclic) bond motifs is 2. The van der Waals surface area contributed by atoms with Crippen molar-refractivity contribution in [3.8, 4) is 11.4 Å². The van der Waals surface area contributed by atoms with Crippen LogP contribution in [0.5, 0.6) is 0 Å². The number of hydrogen-bond acceptors (Lipinski definition) is 7. The molecule has 0 radical (unpaired) electrons. The number of ether oxygens (including phenoxy) is 1. The van der Waals surface area contributed by atoms with Crippen molar-refractivity contribution in [3.63, 3.8) is 0 Å². The molecule has 33 heavy (non-hydrogen) atoms. The van der Waals surface area contributed by atoms with Gasteiger partial charge in [-0.2, -0.15) is 0 Å². The number of rotatable bonds is 5. The number of aryl methyl sites for hydroxylation is 1. The lowest BCUT2D eigenvalue weighted by Crippen LogP contribution is -2.12. The Labute approximate surface area is 188 Å². The van der Waals surface area contributed by atoms with E-state index in [1.807, 2.05) is 6.92 Å². The van der Waals surface area contributed by atoms with Gasteiger partial charge in [-0.1, -0.05) is 17.7 Å². The first-order valence-corrected chi connectivity index (χ1v) is 11.3. The van der Waals surface area contributed by atoms with Gasteiger partial charge in [-0.25, -0.2) is 31.3 Å². The lowest BCUT2D eigenvalue weighted by atomic mass is 10.2. The van der Waals surface area contributed by atoms with Gasteiger partial charge in [0, 0.05) is 30.5 Å². The summed E-state index contributed by atoms with van der Waals surface area (Å²) in [5, 5.41) is 4.72. The Balaban J connectivity index is 1.75. The summed E-state index contributed by atoms with van der Waals surface area (Å²) in [6.45, 7) is 2.22. The third-order valence-electron chi connectivity index (χ3n) is 5.26. The van der Waals surface area contributed by atoms with Crippen LogP contribution in [-0.4, -0.2) is 39.1 Å². The second-order valence-corrected chi connectivity index (χ2v) is 9.43. The Hall–Kier alpha value is -3.83. The minimum Gasteiger partial charge on any atom is -0.382 e. The molecule has 9 nitrogen and oxygen atoms in total. The maximum Gasteiger partial charge on any atom is 0.269 e. The zero-order valence-electron chi connectivity index (χ0n) is 17.7. The SMILES string of the molecule is COCc1cc2c(N)nc(-c3cn(S(=O)(=O)c4ccc(C)cc4)c4ncc(F)cc34)nn2c1. The third-order valence-corrected chi connectivity index (χ3v) is 6.92. The summed E-state index contributed by atoms with van der Waals surface area (Å²) in [5.41, 5.74) is 8.82. The molecule has 0 unspecified atom stereocenters. The molecule has 0 spiro atoms. The molecule has 0 aliphatic carbocycles. The molecular formula is C22H19FN6O3S. The second-order valence-electron chi connectivity index (χ2n) is 7.61. The molecule has 0 atom stereocenters. The maximum atomic E-state index is 14.1. The Bertz CT molecular complexity index is 1620. The number of anilines is 1. The van der Waals surface area contributed by atoms with Gasteiger partial charge in [0.25, 0.3) is 10.0 Å². The van der Waals surface area contributed by atoms with E-state index in [0.717, 1.165) is 21.3 Å². The summed E-state index contributed by atoms with van der Waals surface area (Å²) in [4.78, 5) is 8.48. The van der Waals surface area contributed by atoms with Crippen LogP contribution in [0.3, 0.4) is 0 Å². The molecule has 4 heterocycles. The predicted molar refractivity (Wildman–Crippen MR) is 121 cm³/mol. The van der Waals surface area contributed by atoms with E-state index in [1.54, 1.807) is 31.5 Å². The van der Waals surface area contributed by atoms with E-state index < -0.39 is 15.8 Å².